The lowest BCUT2D eigenvalue weighted by molar-refractivity contribution is 0.101. The summed E-state index contributed by atoms with van der Waals surface area (Å²) in [6.07, 6.45) is 1.34. The fourth-order valence-corrected chi connectivity index (χ4v) is 5.80. The first-order valence-corrected chi connectivity index (χ1v) is 12.7. The van der Waals surface area contributed by atoms with Crippen LogP contribution in [0, 0.1) is 5.92 Å². The van der Waals surface area contributed by atoms with Crippen LogP contribution in [0.4, 0.5) is 16.2 Å². The molecule has 0 spiro atoms. The standard InChI is InChI=1S/C23H28N4O5S/c1-3-10-33(31,32)25-20-8-9-21-18-11-16(13-27(21)22(20)29)12-26(14-18)23(30)24-19-6-4-17(5-7-19)15(2)28/h4-9,16,18,25H,3,10-14H2,1-2H3,(H,24,30)/t16-,18-/m1/s1. The number of carbonyl (C=O) groups excluding carboxylic acids is 2. The lowest BCUT2D eigenvalue weighted by Gasteiger charge is -2.42. The minimum absolute atomic E-state index is 0.00246. The van der Waals surface area contributed by atoms with E-state index in [1.165, 1.54) is 13.0 Å². The largest absolute Gasteiger partial charge is 0.324 e. The van der Waals surface area contributed by atoms with E-state index in [1.807, 2.05) is 0 Å². The molecule has 0 aliphatic carbocycles. The number of hydrogen-bond acceptors (Lipinski definition) is 5. The second kappa shape index (κ2) is 9.01. The highest BCUT2D eigenvalue weighted by Crippen LogP contribution is 2.35. The van der Waals surface area contributed by atoms with Gasteiger partial charge in [-0.05, 0) is 62.1 Å². The van der Waals surface area contributed by atoms with Gasteiger partial charge >= 0.3 is 6.03 Å². The summed E-state index contributed by atoms with van der Waals surface area (Å²) in [5, 5.41) is 2.88. The first-order chi connectivity index (χ1) is 15.7. The molecule has 0 saturated carbocycles. The average molecular weight is 473 g/mol. The number of anilines is 2. The van der Waals surface area contributed by atoms with Crippen LogP contribution < -0.4 is 15.6 Å². The van der Waals surface area contributed by atoms with Gasteiger partial charge in [0.15, 0.2) is 5.78 Å². The summed E-state index contributed by atoms with van der Waals surface area (Å²) >= 11 is 0. The second-order valence-corrected chi connectivity index (χ2v) is 10.6. The van der Waals surface area contributed by atoms with E-state index in [4.69, 9.17) is 0 Å². The third-order valence-electron chi connectivity index (χ3n) is 6.17. The number of nitrogens with zero attached hydrogens (tertiary/aromatic N) is 2. The van der Waals surface area contributed by atoms with E-state index in [-0.39, 0.29) is 40.6 Å². The van der Waals surface area contributed by atoms with Crippen molar-refractivity contribution in [3.63, 3.8) is 0 Å². The number of carbonyl (C=O) groups is 2. The molecule has 33 heavy (non-hydrogen) atoms. The Labute approximate surface area is 192 Å². The Morgan fingerprint density at radius 1 is 1.06 bits per heavy atom. The number of nitrogens with one attached hydrogen (secondary N) is 2. The molecule has 10 heteroatoms. The Morgan fingerprint density at radius 2 is 1.79 bits per heavy atom. The third kappa shape index (κ3) is 4.95. The maximum Gasteiger partial charge on any atom is 0.321 e. The number of aromatic nitrogens is 1. The quantitative estimate of drug-likeness (QED) is 0.627. The van der Waals surface area contributed by atoms with Crippen molar-refractivity contribution in [2.24, 2.45) is 5.92 Å². The third-order valence-corrected chi connectivity index (χ3v) is 7.65. The van der Waals surface area contributed by atoms with Gasteiger partial charge < -0.3 is 14.8 Å². The van der Waals surface area contributed by atoms with E-state index < -0.39 is 10.0 Å². The van der Waals surface area contributed by atoms with E-state index in [2.05, 4.69) is 10.0 Å². The molecule has 2 aromatic rings. The number of Topliss-reactive ketones (excluding diaryl/α,β-unsaturated/α-hetero) is 1. The van der Waals surface area contributed by atoms with Crippen LogP contribution in [0.3, 0.4) is 0 Å². The second-order valence-electron chi connectivity index (χ2n) is 8.78. The van der Waals surface area contributed by atoms with Gasteiger partial charge in [-0.1, -0.05) is 6.92 Å². The van der Waals surface area contributed by atoms with Crippen LogP contribution in [0.15, 0.2) is 41.2 Å². The molecule has 1 saturated heterocycles. The van der Waals surface area contributed by atoms with Gasteiger partial charge in [-0.3, -0.25) is 14.3 Å². The zero-order valence-electron chi connectivity index (χ0n) is 18.7. The lowest BCUT2D eigenvalue weighted by Crippen LogP contribution is -2.50. The summed E-state index contributed by atoms with van der Waals surface area (Å²) in [4.78, 5) is 39.0. The molecule has 2 aliphatic rings. The number of sulfonamides is 1. The van der Waals surface area contributed by atoms with Crippen LogP contribution in [0.25, 0.3) is 0 Å². The summed E-state index contributed by atoms with van der Waals surface area (Å²) in [7, 11) is -3.55. The summed E-state index contributed by atoms with van der Waals surface area (Å²) in [5.74, 6) is 0.0210. The number of urea groups is 1. The number of fused-ring (bicyclic) bond motifs is 4. The SMILES string of the molecule is CCCS(=O)(=O)Nc1ccc2n(c1=O)C[C@@H]1C[C@@H]2CN(C(=O)Nc2ccc(C(C)=O)cc2)C1. The Bertz CT molecular complexity index is 1240. The first-order valence-electron chi connectivity index (χ1n) is 11.1. The Kier molecular flexibility index (Phi) is 6.29. The van der Waals surface area contributed by atoms with Crippen molar-refractivity contribution >= 4 is 33.2 Å². The number of amides is 2. The van der Waals surface area contributed by atoms with Gasteiger partial charge in [0.1, 0.15) is 5.69 Å². The van der Waals surface area contributed by atoms with Crippen LogP contribution in [-0.2, 0) is 16.6 Å². The van der Waals surface area contributed by atoms with Crippen molar-refractivity contribution in [2.45, 2.75) is 39.2 Å². The number of ketones is 1. The molecule has 1 fully saturated rings. The molecule has 3 heterocycles. The maximum absolute atomic E-state index is 13.0. The minimum Gasteiger partial charge on any atom is -0.324 e. The topological polar surface area (TPSA) is 118 Å². The molecule has 0 radical (unpaired) electrons. The van der Waals surface area contributed by atoms with Crippen LogP contribution >= 0.6 is 0 Å². The summed E-state index contributed by atoms with van der Waals surface area (Å²) in [6.45, 7) is 4.67. The molecule has 2 atom stereocenters. The number of rotatable bonds is 6. The zero-order valence-corrected chi connectivity index (χ0v) is 19.5. The highest BCUT2D eigenvalue weighted by molar-refractivity contribution is 7.92. The average Bonchev–Trinajstić information content (AvgIpc) is 2.76. The predicted molar refractivity (Wildman–Crippen MR) is 126 cm³/mol. The molecular formula is C23H28N4O5S. The maximum atomic E-state index is 13.0. The molecule has 4 rings (SSSR count). The molecule has 2 aliphatic heterocycles. The van der Waals surface area contributed by atoms with Gasteiger partial charge in [0, 0.05) is 42.5 Å². The Balaban J connectivity index is 1.49. The van der Waals surface area contributed by atoms with Crippen molar-refractivity contribution in [1.29, 1.82) is 0 Å². The molecule has 176 valence electrons. The van der Waals surface area contributed by atoms with E-state index in [9.17, 15) is 22.8 Å². The fraction of sp³-hybridized carbons (Fsp3) is 0.435. The number of pyridine rings is 1. The molecule has 1 aromatic heterocycles. The summed E-state index contributed by atoms with van der Waals surface area (Å²) in [5.41, 5.74) is 1.74. The first kappa shape index (κ1) is 23.0. The van der Waals surface area contributed by atoms with Gasteiger partial charge in [-0.2, -0.15) is 0 Å². The van der Waals surface area contributed by atoms with Gasteiger partial charge in [-0.25, -0.2) is 13.2 Å². The van der Waals surface area contributed by atoms with E-state index in [0.717, 1.165) is 12.1 Å². The van der Waals surface area contributed by atoms with E-state index in [0.29, 0.717) is 37.3 Å². The van der Waals surface area contributed by atoms with Crippen LogP contribution in [-0.4, -0.2) is 48.5 Å². The number of likely N-dealkylation sites (tertiary alicyclic amines) is 1. The molecule has 2 N–H and O–H groups in total. The highest BCUT2D eigenvalue weighted by atomic mass is 32.2. The summed E-state index contributed by atoms with van der Waals surface area (Å²) < 4.78 is 28.3. The van der Waals surface area contributed by atoms with E-state index >= 15 is 0 Å². The molecule has 2 amide bonds. The fourth-order valence-electron chi connectivity index (χ4n) is 4.67. The van der Waals surface area contributed by atoms with Gasteiger partial charge in [-0.15, -0.1) is 0 Å². The van der Waals surface area contributed by atoms with Gasteiger partial charge in [0.05, 0.1) is 5.75 Å². The summed E-state index contributed by atoms with van der Waals surface area (Å²) in [6, 6.07) is 9.85. The number of benzene rings is 1. The van der Waals surface area contributed by atoms with Crippen LogP contribution in [0.1, 0.15) is 48.7 Å². The molecule has 2 bridgehead atoms. The predicted octanol–water partition coefficient (Wildman–Crippen LogP) is 2.85. The van der Waals surface area contributed by atoms with Gasteiger partial charge in [0.2, 0.25) is 10.0 Å². The van der Waals surface area contributed by atoms with Crippen molar-refractivity contribution in [2.75, 3.05) is 28.9 Å². The Hall–Kier alpha value is -3.14. The lowest BCUT2D eigenvalue weighted by atomic mass is 9.83. The van der Waals surface area contributed by atoms with Crippen molar-refractivity contribution in [3.8, 4) is 0 Å². The normalized spacial score (nSPS) is 19.5. The zero-order chi connectivity index (χ0) is 23.8. The minimum atomic E-state index is -3.55. The van der Waals surface area contributed by atoms with Crippen molar-refractivity contribution in [3.05, 3.63) is 58.0 Å². The smallest absolute Gasteiger partial charge is 0.321 e. The number of piperidine rings is 1. The van der Waals surface area contributed by atoms with Crippen LogP contribution in [0.2, 0.25) is 0 Å². The van der Waals surface area contributed by atoms with Crippen molar-refractivity contribution < 1.29 is 18.0 Å². The molecule has 9 nitrogen and oxygen atoms in total. The molecule has 1 aromatic carbocycles. The number of hydrogen-bond donors (Lipinski definition) is 2. The monoisotopic (exact) mass is 472 g/mol. The molecular weight excluding hydrogens is 444 g/mol. The van der Waals surface area contributed by atoms with Crippen molar-refractivity contribution in [1.82, 2.24) is 9.47 Å². The molecule has 0 unspecified atom stereocenters. The Morgan fingerprint density at radius 3 is 2.45 bits per heavy atom. The van der Waals surface area contributed by atoms with Crippen LogP contribution in [0.5, 0.6) is 0 Å². The van der Waals surface area contributed by atoms with E-state index in [1.54, 1.807) is 46.7 Å². The highest BCUT2D eigenvalue weighted by Gasteiger charge is 2.37. The van der Waals surface area contributed by atoms with Gasteiger partial charge in [0.25, 0.3) is 5.56 Å².